The zero-order valence-corrected chi connectivity index (χ0v) is 16.0. The Morgan fingerprint density at radius 2 is 1.93 bits per heavy atom. The molecule has 1 heterocycles. The van der Waals surface area contributed by atoms with Crippen LogP contribution in [-0.4, -0.2) is 38.5 Å². The van der Waals surface area contributed by atoms with E-state index in [0.29, 0.717) is 30.3 Å². The summed E-state index contributed by atoms with van der Waals surface area (Å²) in [6.45, 7) is 5.30. The fraction of sp³-hybridized carbons (Fsp3) is 0.333. The summed E-state index contributed by atoms with van der Waals surface area (Å²) in [5.74, 6) is 0.825. The smallest absolute Gasteiger partial charge is 0.292 e. The van der Waals surface area contributed by atoms with Crippen LogP contribution in [0.2, 0.25) is 0 Å². The van der Waals surface area contributed by atoms with Crippen molar-refractivity contribution in [2.75, 3.05) is 26.6 Å². The standard InChI is InChI=1S/C21H24N2O5/c1-3-25-11-12-26-21(22-15(2)16-7-5-4-6-8-16)23-20(24)17-9-10-18-19(13-17)28-14-27-18/h4-10,13,15H,3,11-12,14H2,1-2H3,(H,22,23,24)/t15-/m1/s1. The molecule has 0 fully saturated rings. The number of amides is 1. The summed E-state index contributed by atoms with van der Waals surface area (Å²) >= 11 is 0. The quantitative estimate of drug-likeness (QED) is 0.450. The van der Waals surface area contributed by atoms with Gasteiger partial charge in [0.2, 0.25) is 6.79 Å². The van der Waals surface area contributed by atoms with Gasteiger partial charge in [0.05, 0.1) is 12.6 Å². The minimum absolute atomic E-state index is 0.152. The largest absolute Gasteiger partial charge is 0.463 e. The molecule has 0 bridgehead atoms. The van der Waals surface area contributed by atoms with Crippen molar-refractivity contribution in [1.29, 1.82) is 0 Å². The molecule has 0 aromatic heterocycles. The fourth-order valence-corrected chi connectivity index (χ4v) is 2.64. The molecule has 0 radical (unpaired) electrons. The highest BCUT2D eigenvalue weighted by Crippen LogP contribution is 2.32. The Bertz CT molecular complexity index is 823. The number of carbonyl (C=O) groups excluding carboxylic acids is 1. The molecule has 2 aromatic rings. The third-order valence-corrected chi connectivity index (χ3v) is 4.12. The van der Waals surface area contributed by atoms with Crippen molar-refractivity contribution in [2.45, 2.75) is 19.9 Å². The normalized spacial score (nSPS) is 13.9. The highest BCUT2D eigenvalue weighted by atomic mass is 16.7. The lowest BCUT2D eigenvalue weighted by molar-refractivity contribution is 0.0921. The molecule has 0 saturated heterocycles. The van der Waals surface area contributed by atoms with Crippen LogP contribution in [0.3, 0.4) is 0 Å². The van der Waals surface area contributed by atoms with Crippen molar-refractivity contribution in [3.05, 3.63) is 59.7 Å². The van der Waals surface area contributed by atoms with Crippen LogP contribution in [-0.2, 0) is 9.47 Å². The van der Waals surface area contributed by atoms with E-state index in [4.69, 9.17) is 18.9 Å². The third-order valence-electron chi connectivity index (χ3n) is 4.12. The average molecular weight is 384 g/mol. The Morgan fingerprint density at radius 3 is 2.71 bits per heavy atom. The molecule has 7 nitrogen and oxygen atoms in total. The Balaban J connectivity index is 1.72. The molecule has 0 unspecified atom stereocenters. The number of carbonyl (C=O) groups is 1. The van der Waals surface area contributed by atoms with Gasteiger partial charge in [-0.1, -0.05) is 30.3 Å². The predicted molar refractivity (Wildman–Crippen MR) is 105 cm³/mol. The van der Waals surface area contributed by atoms with Gasteiger partial charge < -0.3 is 18.9 Å². The second kappa shape index (κ2) is 9.75. The maximum absolute atomic E-state index is 12.7. The minimum atomic E-state index is -0.339. The van der Waals surface area contributed by atoms with Crippen LogP contribution >= 0.6 is 0 Å². The fourth-order valence-electron chi connectivity index (χ4n) is 2.64. The Labute approximate surface area is 164 Å². The first-order chi connectivity index (χ1) is 13.7. The van der Waals surface area contributed by atoms with Crippen molar-refractivity contribution in [2.24, 2.45) is 4.99 Å². The maximum Gasteiger partial charge on any atom is 0.292 e. The molecule has 0 aliphatic carbocycles. The van der Waals surface area contributed by atoms with E-state index in [9.17, 15) is 4.79 Å². The predicted octanol–water partition coefficient (Wildman–Crippen LogP) is 3.32. The van der Waals surface area contributed by atoms with Gasteiger partial charge in [0.1, 0.15) is 6.61 Å². The summed E-state index contributed by atoms with van der Waals surface area (Å²) in [4.78, 5) is 17.2. The number of hydrogen-bond donors (Lipinski definition) is 1. The van der Waals surface area contributed by atoms with E-state index in [0.717, 1.165) is 5.56 Å². The number of nitrogens with zero attached hydrogens (tertiary/aromatic N) is 1. The molecule has 0 saturated carbocycles. The minimum Gasteiger partial charge on any atom is -0.463 e. The van der Waals surface area contributed by atoms with E-state index >= 15 is 0 Å². The van der Waals surface area contributed by atoms with Crippen LogP contribution < -0.4 is 14.8 Å². The molecular weight excluding hydrogens is 360 g/mol. The van der Waals surface area contributed by atoms with Crippen molar-refractivity contribution in [1.82, 2.24) is 5.32 Å². The summed E-state index contributed by atoms with van der Waals surface area (Å²) < 4.78 is 21.6. The number of ether oxygens (including phenoxy) is 4. The molecule has 1 atom stereocenters. The van der Waals surface area contributed by atoms with Gasteiger partial charge in [-0.25, -0.2) is 4.99 Å². The number of benzene rings is 2. The van der Waals surface area contributed by atoms with E-state index in [-0.39, 0.29) is 31.4 Å². The second-order valence-corrected chi connectivity index (χ2v) is 6.09. The van der Waals surface area contributed by atoms with Crippen molar-refractivity contribution in [3.8, 4) is 11.5 Å². The number of rotatable bonds is 7. The number of fused-ring (bicyclic) bond motifs is 1. The summed E-state index contributed by atoms with van der Waals surface area (Å²) in [5, 5.41) is 2.74. The maximum atomic E-state index is 12.7. The van der Waals surface area contributed by atoms with Crippen LogP contribution in [0.1, 0.15) is 35.8 Å². The average Bonchev–Trinajstić information content (AvgIpc) is 3.19. The SMILES string of the molecule is CCOCCOC(=N[C@H](C)c1ccccc1)NC(=O)c1ccc2c(c1)OCO2. The molecule has 7 heteroatoms. The first-order valence-electron chi connectivity index (χ1n) is 9.21. The zero-order valence-electron chi connectivity index (χ0n) is 16.0. The van der Waals surface area contributed by atoms with E-state index < -0.39 is 0 Å². The molecular formula is C21H24N2O5. The molecule has 3 rings (SSSR count). The molecule has 1 amide bonds. The van der Waals surface area contributed by atoms with E-state index in [1.165, 1.54) is 0 Å². The van der Waals surface area contributed by atoms with Gasteiger partial charge >= 0.3 is 0 Å². The summed E-state index contributed by atoms with van der Waals surface area (Å²) in [6, 6.07) is 14.8. The number of nitrogens with one attached hydrogen (secondary N) is 1. The lowest BCUT2D eigenvalue weighted by Crippen LogP contribution is -2.33. The number of aliphatic imine (C=N–C) groups is 1. The van der Waals surface area contributed by atoms with Gasteiger partial charge in [-0.2, -0.15) is 0 Å². The van der Waals surface area contributed by atoms with E-state index in [2.05, 4.69) is 10.3 Å². The summed E-state index contributed by atoms with van der Waals surface area (Å²) in [7, 11) is 0. The lowest BCUT2D eigenvalue weighted by atomic mass is 10.1. The van der Waals surface area contributed by atoms with Gasteiger partial charge in [-0.3, -0.25) is 10.1 Å². The van der Waals surface area contributed by atoms with Gasteiger partial charge in [-0.05, 0) is 37.6 Å². The highest BCUT2D eigenvalue weighted by molar-refractivity contribution is 6.04. The molecule has 1 aliphatic rings. The molecule has 2 aromatic carbocycles. The first-order valence-corrected chi connectivity index (χ1v) is 9.21. The van der Waals surface area contributed by atoms with Crippen LogP contribution in [0.5, 0.6) is 11.5 Å². The van der Waals surface area contributed by atoms with Crippen molar-refractivity contribution < 1.29 is 23.7 Å². The second-order valence-electron chi connectivity index (χ2n) is 6.09. The lowest BCUT2D eigenvalue weighted by Gasteiger charge is -2.14. The monoisotopic (exact) mass is 384 g/mol. The number of amidine groups is 1. The van der Waals surface area contributed by atoms with Gasteiger partial charge in [0, 0.05) is 12.2 Å². The van der Waals surface area contributed by atoms with E-state index in [1.54, 1.807) is 18.2 Å². The molecule has 28 heavy (non-hydrogen) atoms. The van der Waals surface area contributed by atoms with Crippen molar-refractivity contribution >= 4 is 11.9 Å². The van der Waals surface area contributed by atoms with Gasteiger partial charge in [0.25, 0.3) is 11.9 Å². The van der Waals surface area contributed by atoms with Crippen LogP contribution in [0.15, 0.2) is 53.5 Å². The van der Waals surface area contributed by atoms with Crippen molar-refractivity contribution in [3.63, 3.8) is 0 Å². The number of hydrogen-bond acceptors (Lipinski definition) is 6. The third kappa shape index (κ3) is 5.23. The van der Waals surface area contributed by atoms with E-state index in [1.807, 2.05) is 44.2 Å². The molecule has 1 aliphatic heterocycles. The summed E-state index contributed by atoms with van der Waals surface area (Å²) in [6.07, 6.45) is 0. The Kier molecular flexibility index (Phi) is 6.86. The molecule has 1 N–H and O–H groups in total. The molecule has 0 spiro atoms. The molecule has 148 valence electrons. The van der Waals surface area contributed by atoms with Crippen LogP contribution in [0.4, 0.5) is 0 Å². The highest BCUT2D eigenvalue weighted by Gasteiger charge is 2.18. The first kappa shape index (κ1) is 19.7. The van der Waals surface area contributed by atoms with Crippen LogP contribution in [0, 0.1) is 0 Å². The van der Waals surface area contributed by atoms with Gasteiger partial charge in [-0.15, -0.1) is 0 Å². The Hall–Kier alpha value is -3.06. The van der Waals surface area contributed by atoms with Crippen LogP contribution in [0.25, 0.3) is 0 Å². The Morgan fingerprint density at radius 1 is 1.14 bits per heavy atom. The van der Waals surface area contributed by atoms with Gasteiger partial charge in [0.15, 0.2) is 11.5 Å². The summed E-state index contributed by atoms with van der Waals surface area (Å²) in [5.41, 5.74) is 1.45. The zero-order chi connectivity index (χ0) is 19.8. The topological polar surface area (TPSA) is 78.4 Å².